The summed E-state index contributed by atoms with van der Waals surface area (Å²) < 4.78 is 15.0. The molecule has 7 heteroatoms. The third-order valence-corrected chi connectivity index (χ3v) is 5.16. The van der Waals surface area contributed by atoms with Crippen LogP contribution in [0.3, 0.4) is 0 Å². The van der Waals surface area contributed by atoms with Crippen LogP contribution in [0.2, 0.25) is 0 Å². The predicted octanol–water partition coefficient (Wildman–Crippen LogP) is 8.87. The van der Waals surface area contributed by atoms with E-state index in [1.807, 2.05) is 36.7 Å². The number of nitrogens with zero attached hydrogens (tertiary/aromatic N) is 2. The molecule has 4 nitrogen and oxygen atoms in total. The summed E-state index contributed by atoms with van der Waals surface area (Å²) in [6, 6.07) is 8.06. The molecular formula is C30H41FeIN2O2Pt-2. The Morgan fingerprint density at radius 2 is 0.865 bits per heavy atom. The second-order valence-electron chi connectivity index (χ2n) is 7.27. The summed E-state index contributed by atoms with van der Waals surface area (Å²) in [6.45, 7) is 31.2. The summed E-state index contributed by atoms with van der Waals surface area (Å²) in [4.78, 5) is 8.58. The Morgan fingerprint density at radius 3 is 1.03 bits per heavy atom. The van der Waals surface area contributed by atoms with E-state index in [-0.39, 0.29) is 31.9 Å². The maximum absolute atomic E-state index is 7.50. The third kappa shape index (κ3) is 20.3. The fourth-order valence-corrected chi connectivity index (χ4v) is 2.76. The molecule has 0 aliphatic heterocycles. The Kier molecular flexibility index (Phi) is 42.8. The van der Waals surface area contributed by atoms with Gasteiger partial charge in [0.2, 0.25) is 0 Å². The summed E-state index contributed by atoms with van der Waals surface area (Å²) in [7, 11) is 0. The predicted molar refractivity (Wildman–Crippen MR) is 156 cm³/mol. The number of rotatable bonds is 2. The second kappa shape index (κ2) is 31.9. The zero-order valence-electron chi connectivity index (χ0n) is 23.6. The average Bonchev–Trinajstić information content (AvgIpc) is 3.05. The molecule has 2 heterocycles. The summed E-state index contributed by atoms with van der Waals surface area (Å²) >= 11 is 4.23. The standard InChI is InChI=1S/C12H12N2.C10H15.C4H8.2CO.2CH3.Fe.HI.Pt/c1-9-3-5-13-11(7-9)12-8-10(2)4-6-14-12;1-6-7(2)9(4)10(5)8(6)3;1-3-4-2;2*1-2;;;;;/h3-8H,1-2H3;1-5H3;1-4H2;;;2*1H3;;1H;/q;;-2;;;2*-1;+2;;+1/p-1. The molecule has 0 atom stereocenters. The molecule has 210 valence electrons. The van der Waals surface area contributed by atoms with Crippen molar-refractivity contribution in [3.8, 4) is 11.4 Å². The van der Waals surface area contributed by atoms with Gasteiger partial charge in [-0.05, 0) is 78.8 Å². The van der Waals surface area contributed by atoms with E-state index in [1.165, 1.54) is 40.7 Å². The maximum atomic E-state index is 7.50. The van der Waals surface area contributed by atoms with Crippen LogP contribution in [-0.4, -0.2) is 9.97 Å². The molecule has 0 spiro atoms. The van der Waals surface area contributed by atoms with E-state index in [4.69, 9.17) is 9.30 Å². The molecule has 3 rings (SSSR count). The van der Waals surface area contributed by atoms with Crippen LogP contribution in [0.4, 0.5) is 0 Å². The summed E-state index contributed by atoms with van der Waals surface area (Å²) in [6.07, 6.45) is 5.54. The van der Waals surface area contributed by atoms with E-state index in [0.717, 1.165) is 24.2 Å². The normalized spacial score (nSPS) is 12.6. The molecule has 5 radical (unpaired) electrons. The van der Waals surface area contributed by atoms with Gasteiger partial charge in [-0.25, -0.2) is 12.8 Å². The molecular weight excluding hydrogens is 798 g/mol. The van der Waals surface area contributed by atoms with Gasteiger partial charge in [0.1, 0.15) is 0 Å². The first-order valence-electron chi connectivity index (χ1n) is 10.4. The van der Waals surface area contributed by atoms with Crippen LogP contribution < -0.4 is 0 Å². The van der Waals surface area contributed by atoms with Crippen LogP contribution in [0.15, 0.2) is 36.7 Å². The summed E-state index contributed by atoms with van der Waals surface area (Å²) in [5, 5.41) is 0. The molecule has 0 amide bonds. The molecule has 0 saturated heterocycles. The van der Waals surface area contributed by atoms with Crippen molar-refractivity contribution in [1.82, 2.24) is 9.97 Å². The van der Waals surface area contributed by atoms with E-state index in [2.05, 4.69) is 121 Å². The first-order chi connectivity index (χ1) is 16.2. The van der Waals surface area contributed by atoms with Gasteiger partial charge in [0, 0.05) is 12.4 Å². The van der Waals surface area contributed by atoms with E-state index >= 15 is 0 Å². The van der Waals surface area contributed by atoms with Gasteiger partial charge in [0.15, 0.2) is 0 Å². The van der Waals surface area contributed by atoms with Crippen molar-refractivity contribution in [2.75, 3.05) is 0 Å². The Hall–Kier alpha value is -0.282. The molecule has 1 aliphatic rings. The third-order valence-electron chi connectivity index (χ3n) is 5.16. The van der Waals surface area contributed by atoms with Crippen LogP contribution >= 0.6 is 19.4 Å². The number of aryl methyl sites for hydroxylation is 2. The number of halogens is 1. The van der Waals surface area contributed by atoms with Crippen LogP contribution in [-0.2, 0) is 42.5 Å². The molecule has 1 fully saturated rings. The van der Waals surface area contributed by atoms with Crippen molar-refractivity contribution in [3.63, 3.8) is 0 Å². The fourth-order valence-electron chi connectivity index (χ4n) is 2.76. The number of unbranched alkanes of at least 4 members (excludes halogenated alkanes) is 1. The van der Waals surface area contributed by atoms with Gasteiger partial charge in [-0.1, -0.05) is 34.6 Å². The van der Waals surface area contributed by atoms with Gasteiger partial charge in [0.25, 0.3) is 0 Å². The quantitative estimate of drug-likeness (QED) is 0.131. The zero-order chi connectivity index (χ0) is 27.3. The number of hydrogen-bond donors (Lipinski definition) is 0. The summed E-state index contributed by atoms with van der Waals surface area (Å²) in [5.41, 5.74) is 4.29. The van der Waals surface area contributed by atoms with Crippen molar-refractivity contribution in [1.29, 1.82) is 0 Å². The molecule has 0 bridgehead atoms. The number of hydrogen-bond acceptors (Lipinski definition) is 2. The van der Waals surface area contributed by atoms with Crippen molar-refractivity contribution in [2.45, 2.75) is 61.3 Å². The van der Waals surface area contributed by atoms with Crippen molar-refractivity contribution < 1.29 is 42.5 Å². The molecule has 0 N–H and O–H groups in total. The average molecular weight is 839 g/mol. The first-order valence-corrected chi connectivity index (χ1v) is 16.8. The van der Waals surface area contributed by atoms with Gasteiger partial charge in [-0.3, -0.25) is 9.97 Å². The number of pyridine rings is 2. The van der Waals surface area contributed by atoms with Crippen LogP contribution in [0.5, 0.6) is 0 Å². The van der Waals surface area contributed by atoms with Gasteiger partial charge >= 0.3 is 75.2 Å². The molecule has 2 aromatic heterocycles. The van der Waals surface area contributed by atoms with Crippen molar-refractivity contribution >= 4 is 19.4 Å². The Balaban J connectivity index is -0.0000000929. The molecule has 0 unspecified atom stereocenters. The molecule has 1 saturated carbocycles. The van der Waals surface area contributed by atoms with E-state index in [9.17, 15) is 0 Å². The Labute approximate surface area is 262 Å². The molecule has 2 aromatic rings. The Bertz CT molecular complexity index is 709. The molecule has 1 aliphatic carbocycles. The van der Waals surface area contributed by atoms with Crippen molar-refractivity contribution in [2.24, 2.45) is 0 Å². The van der Waals surface area contributed by atoms with E-state index in [0.29, 0.717) is 0 Å². The van der Waals surface area contributed by atoms with Gasteiger partial charge in [-0.2, -0.15) is 0 Å². The minimum atomic E-state index is 0. The first kappa shape index (κ1) is 49.6. The van der Waals surface area contributed by atoms with Crippen molar-refractivity contribution in [3.05, 3.63) is 119 Å². The summed E-state index contributed by atoms with van der Waals surface area (Å²) in [5.74, 6) is 7.34. The molecule has 37 heavy (non-hydrogen) atoms. The SMILES string of the molecule is C[C]1[C](C)[C](C)[C](C)[C]1C.Cc1ccnc(-c2cc(C)ccn2)c1.[C-]#[O+].[C-]#[O+].[CH2-]CC[CH2-].[CH3-].[CH3-].[Fe+2].[I][Pt]. The van der Waals surface area contributed by atoms with Gasteiger partial charge in [-0.15, -0.1) is 0 Å². The van der Waals surface area contributed by atoms with Gasteiger partial charge < -0.3 is 28.7 Å². The minimum absolute atomic E-state index is 0. The number of aromatic nitrogens is 2. The topological polar surface area (TPSA) is 65.6 Å². The zero-order valence-corrected chi connectivity index (χ0v) is 29.1. The van der Waals surface area contributed by atoms with Crippen LogP contribution in [0.25, 0.3) is 11.4 Å². The Morgan fingerprint density at radius 1 is 0.649 bits per heavy atom. The molecule has 0 aromatic carbocycles. The van der Waals surface area contributed by atoms with Gasteiger partial charge in [0.05, 0.1) is 11.4 Å². The van der Waals surface area contributed by atoms with E-state index in [1.54, 1.807) is 0 Å². The fraction of sp³-hybridized carbons (Fsp3) is 0.300. The monoisotopic (exact) mass is 839 g/mol. The second-order valence-corrected chi connectivity index (χ2v) is 7.27. The van der Waals surface area contributed by atoms with E-state index < -0.39 is 0 Å². The van der Waals surface area contributed by atoms with Crippen LogP contribution in [0, 0.1) is 85.4 Å². The van der Waals surface area contributed by atoms with Crippen LogP contribution in [0.1, 0.15) is 58.6 Å².